The van der Waals surface area contributed by atoms with Crippen molar-refractivity contribution in [3.63, 3.8) is 0 Å². The van der Waals surface area contributed by atoms with Crippen LogP contribution in [0.3, 0.4) is 0 Å². The maximum Gasteiger partial charge on any atom is 0.310 e. The molecular weight excluding hydrogens is 161 g/mol. The number of aromatic nitrogens is 1. The molecule has 0 radical (unpaired) electrons. The van der Waals surface area contributed by atoms with Gasteiger partial charge in [-0.15, -0.1) is 0 Å². The second-order valence-electron chi connectivity index (χ2n) is 2.25. The minimum atomic E-state index is -0.443. The van der Waals surface area contributed by atoms with Gasteiger partial charge in [-0.2, -0.15) is 4.98 Å². The Morgan fingerprint density at radius 2 is 2.33 bits per heavy atom. The fraction of sp³-hybridized carbons (Fsp3) is 0. The number of rotatable bonds is 1. The molecule has 0 fully saturated rings. The van der Waals surface area contributed by atoms with Gasteiger partial charge in [0.05, 0.1) is 0 Å². The standard InChI is InChI=1S/C7H6FN3O/c8-4-2-1-3-5-6(4)12-7(10-5)11-9/h1-3H,9H2,(H,10,11). The summed E-state index contributed by atoms with van der Waals surface area (Å²) in [5.41, 5.74) is 2.76. The molecule has 0 spiro atoms. The molecule has 1 aromatic carbocycles. The average Bonchev–Trinajstić information content (AvgIpc) is 2.49. The Labute approximate surface area is 67.2 Å². The third kappa shape index (κ3) is 0.911. The van der Waals surface area contributed by atoms with Crippen LogP contribution in [0.25, 0.3) is 11.1 Å². The Kier molecular flexibility index (Phi) is 1.44. The molecule has 2 rings (SSSR count). The average molecular weight is 167 g/mol. The van der Waals surface area contributed by atoms with Crippen molar-refractivity contribution in [2.24, 2.45) is 5.84 Å². The van der Waals surface area contributed by atoms with Crippen LogP contribution in [0, 0.1) is 5.82 Å². The van der Waals surface area contributed by atoms with E-state index in [1.807, 2.05) is 0 Å². The summed E-state index contributed by atoms with van der Waals surface area (Å²) >= 11 is 0. The summed E-state index contributed by atoms with van der Waals surface area (Å²) in [5, 5.41) is 0. The topological polar surface area (TPSA) is 64.1 Å². The van der Waals surface area contributed by atoms with E-state index in [1.165, 1.54) is 6.07 Å². The lowest BCUT2D eigenvalue weighted by Crippen LogP contribution is -2.06. The maximum absolute atomic E-state index is 12.9. The molecule has 0 aliphatic carbocycles. The number of benzene rings is 1. The Morgan fingerprint density at radius 1 is 1.50 bits per heavy atom. The van der Waals surface area contributed by atoms with Crippen molar-refractivity contribution in [3.8, 4) is 0 Å². The van der Waals surface area contributed by atoms with Gasteiger partial charge in [-0.1, -0.05) is 6.07 Å². The molecule has 12 heavy (non-hydrogen) atoms. The maximum atomic E-state index is 12.9. The molecule has 62 valence electrons. The van der Waals surface area contributed by atoms with Crippen LogP contribution in [-0.4, -0.2) is 4.98 Å². The zero-order valence-corrected chi connectivity index (χ0v) is 6.04. The lowest BCUT2D eigenvalue weighted by atomic mass is 10.3. The van der Waals surface area contributed by atoms with E-state index >= 15 is 0 Å². The number of nitrogens with two attached hydrogens (primary N) is 1. The summed E-state index contributed by atoms with van der Waals surface area (Å²) in [5.74, 6) is 4.59. The first-order valence-corrected chi connectivity index (χ1v) is 3.33. The molecule has 1 aromatic heterocycles. The first-order valence-electron chi connectivity index (χ1n) is 3.33. The molecule has 3 N–H and O–H groups in total. The van der Waals surface area contributed by atoms with Gasteiger partial charge < -0.3 is 4.42 Å². The van der Waals surface area contributed by atoms with Crippen LogP contribution in [-0.2, 0) is 0 Å². The number of hydrogen-bond donors (Lipinski definition) is 2. The minimum Gasteiger partial charge on any atom is -0.419 e. The van der Waals surface area contributed by atoms with E-state index in [4.69, 9.17) is 10.3 Å². The molecule has 0 unspecified atom stereocenters. The molecule has 4 nitrogen and oxygen atoms in total. The summed E-state index contributed by atoms with van der Waals surface area (Å²) in [6.45, 7) is 0. The first kappa shape index (κ1) is 7.05. The molecule has 0 aliphatic heterocycles. The fourth-order valence-corrected chi connectivity index (χ4v) is 0.977. The quantitative estimate of drug-likeness (QED) is 0.495. The summed E-state index contributed by atoms with van der Waals surface area (Å²) in [6.07, 6.45) is 0. The number of halogens is 1. The molecular formula is C7H6FN3O. The second-order valence-corrected chi connectivity index (χ2v) is 2.25. The number of anilines is 1. The molecule has 5 heteroatoms. The summed E-state index contributed by atoms with van der Waals surface area (Å²) in [4.78, 5) is 3.85. The molecule has 0 saturated heterocycles. The molecule has 0 saturated carbocycles. The van der Waals surface area contributed by atoms with Crippen LogP contribution in [0.1, 0.15) is 0 Å². The second kappa shape index (κ2) is 2.46. The predicted molar refractivity (Wildman–Crippen MR) is 41.8 cm³/mol. The van der Waals surface area contributed by atoms with Crippen LogP contribution in [0.4, 0.5) is 10.4 Å². The van der Waals surface area contributed by atoms with E-state index in [9.17, 15) is 4.39 Å². The third-order valence-corrected chi connectivity index (χ3v) is 1.49. The highest BCUT2D eigenvalue weighted by molar-refractivity contribution is 5.74. The molecule has 0 atom stereocenters. The van der Waals surface area contributed by atoms with E-state index in [1.54, 1.807) is 12.1 Å². The Balaban J connectivity index is 2.74. The van der Waals surface area contributed by atoms with E-state index in [0.717, 1.165) is 0 Å². The molecule has 0 bridgehead atoms. The van der Waals surface area contributed by atoms with Gasteiger partial charge in [-0.05, 0) is 12.1 Å². The third-order valence-electron chi connectivity index (χ3n) is 1.49. The van der Waals surface area contributed by atoms with Gasteiger partial charge in [-0.3, -0.25) is 5.43 Å². The first-order chi connectivity index (χ1) is 5.81. The van der Waals surface area contributed by atoms with Crippen molar-refractivity contribution in [1.82, 2.24) is 4.98 Å². The number of fused-ring (bicyclic) bond motifs is 1. The predicted octanol–water partition coefficient (Wildman–Crippen LogP) is 1.25. The number of nitrogens with one attached hydrogen (secondary N) is 1. The van der Waals surface area contributed by atoms with Gasteiger partial charge in [-0.25, -0.2) is 10.2 Å². The number of nitrogens with zero attached hydrogens (tertiary/aromatic N) is 1. The lowest BCUT2D eigenvalue weighted by Gasteiger charge is -1.86. The van der Waals surface area contributed by atoms with E-state index in [2.05, 4.69) is 10.4 Å². The number of hydrogen-bond acceptors (Lipinski definition) is 4. The highest BCUT2D eigenvalue weighted by Gasteiger charge is 2.07. The SMILES string of the molecule is NNc1nc2cccc(F)c2o1. The van der Waals surface area contributed by atoms with Crippen LogP contribution in [0.15, 0.2) is 22.6 Å². The molecule has 1 heterocycles. The fourth-order valence-electron chi connectivity index (χ4n) is 0.977. The van der Waals surface area contributed by atoms with E-state index in [-0.39, 0.29) is 11.6 Å². The van der Waals surface area contributed by atoms with Gasteiger partial charge >= 0.3 is 6.01 Å². The van der Waals surface area contributed by atoms with E-state index < -0.39 is 5.82 Å². The number of para-hydroxylation sites is 1. The molecule has 0 amide bonds. The Bertz CT molecular complexity index is 412. The van der Waals surface area contributed by atoms with Crippen LogP contribution in [0.5, 0.6) is 0 Å². The van der Waals surface area contributed by atoms with Gasteiger partial charge in [0.25, 0.3) is 0 Å². The lowest BCUT2D eigenvalue weighted by molar-refractivity contribution is 0.563. The van der Waals surface area contributed by atoms with Crippen LogP contribution in [0.2, 0.25) is 0 Å². The van der Waals surface area contributed by atoms with Crippen LogP contribution < -0.4 is 11.3 Å². The van der Waals surface area contributed by atoms with Crippen molar-refractivity contribution in [1.29, 1.82) is 0 Å². The summed E-state index contributed by atoms with van der Waals surface area (Å²) in [7, 11) is 0. The summed E-state index contributed by atoms with van der Waals surface area (Å²) < 4.78 is 17.9. The van der Waals surface area contributed by atoms with Crippen molar-refractivity contribution >= 4 is 17.1 Å². The Morgan fingerprint density at radius 3 is 3.00 bits per heavy atom. The zero-order valence-electron chi connectivity index (χ0n) is 6.04. The van der Waals surface area contributed by atoms with Gasteiger partial charge in [0.15, 0.2) is 11.4 Å². The number of oxazole rings is 1. The van der Waals surface area contributed by atoms with Gasteiger partial charge in [0, 0.05) is 0 Å². The zero-order chi connectivity index (χ0) is 8.55. The van der Waals surface area contributed by atoms with Crippen molar-refractivity contribution in [2.45, 2.75) is 0 Å². The molecule has 0 aliphatic rings. The molecule has 2 aromatic rings. The minimum absolute atomic E-state index is 0.107. The monoisotopic (exact) mass is 167 g/mol. The largest absolute Gasteiger partial charge is 0.419 e. The highest BCUT2D eigenvalue weighted by atomic mass is 19.1. The van der Waals surface area contributed by atoms with Crippen molar-refractivity contribution < 1.29 is 8.81 Å². The van der Waals surface area contributed by atoms with Crippen LogP contribution >= 0.6 is 0 Å². The highest BCUT2D eigenvalue weighted by Crippen LogP contribution is 2.20. The normalized spacial score (nSPS) is 10.5. The Hall–Kier alpha value is -1.62. The van der Waals surface area contributed by atoms with Gasteiger partial charge in [0.2, 0.25) is 0 Å². The van der Waals surface area contributed by atoms with Crippen molar-refractivity contribution in [2.75, 3.05) is 5.43 Å². The smallest absolute Gasteiger partial charge is 0.310 e. The number of nitrogen functional groups attached to an aromatic ring is 1. The van der Waals surface area contributed by atoms with Gasteiger partial charge in [0.1, 0.15) is 5.52 Å². The summed E-state index contributed by atoms with van der Waals surface area (Å²) in [6, 6.07) is 4.60. The van der Waals surface area contributed by atoms with E-state index in [0.29, 0.717) is 5.52 Å². The van der Waals surface area contributed by atoms with Crippen molar-refractivity contribution in [3.05, 3.63) is 24.0 Å². The number of hydrazine groups is 1.